The predicted octanol–water partition coefficient (Wildman–Crippen LogP) is 2.29. The number of nitrogens with one attached hydrogen (secondary N) is 1. The molecule has 1 aliphatic heterocycles. The third-order valence-corrected chi connectivity index (χ3v) is 4.46. The van der Waals surface area contributed by atoms with Gasteiger partial charge in [0, 0.05) is 20.0 Å². The van der Waals surface area contributed by atoms with E-state index in [4.69, 9.17) is 4.74 Å². The average molecular weight is 374 g/mol. The summed E-state index contributed by atoms with van der Waals surface area (Å²) in [6.45, 7) is 1.49. The lowest BCUT2D eigenvalue weighted by Crippen LogP contribution is -2.39. The van der Waals surface area contributed by atoms with Gasteiger partial charge in [-0.05, 0) is 44.0 Å². The largest absolute Gasteiger partial charge is 0.490 e. The Morgan fingerprint density at radius 3 is 2.65 bits per heavy atom. The molecule has 2 rings (SSSR count). The fourth-order valence-electron chi connectivity index (χ4n) is 2.97. The Balaban J connectivity index is 1.81. The average Bonchev–Trinajstić information content (AvgIpc) is 2.60. The van der Waals surface area contributed by atoms with E-state index in [1.807, 2.05) is 0 Å². The zero-order chi connectivity index (χ0) is 19.2. The van der Waals surface area contributed by atoms with Gasteiger partial charge < -0.3 is 20.1 Å². The molecular formula is C18H25F3N2O3. The number of halogens is 3. The van der Waals surface area contributed by atoms with Crippen LogP contribution in [-0.4, -0.2) is 55.3 Å². The lowest BCUT2D eigenvalue weighted by molar-refractivity contribution is -0.139. The Kier molecular flexibility index (Phi) is 7.28. The van der Waals surface area contributed by atoms with Gasteiger partial charge in [0.05, 0.1) is 5.56 Å². The van der Waals surface area contributed by atoms with Crippen molar-refractivity contribution in [2.24, 2.45) is 5.92 Å². The number of hydrogen-bond donors (Lipinski definition) is 2. The zero-order valence-electron chi connectivity index (χ0n) is 14.8. The van der Waals surface area contributed by atoms with E-state index in [0.717, 1.165) is 32.0 Å². The van der Waals surface area contributed by atoms with E-state index in [-0.39, 0.29) is 24.8 Å². The predicted molar refractivity (Wildman–Crippen MR) is 90.8 cm³/mol. The summed E-state index contributed by atoms with van der Waals surface area (Å²) in [5, 5.41) is 13.3. The van der Waals surface area contributed by atoms with Crippen molar-refractivity contribution >= 4 is 5.91 Å². The van der Waals surface area contributed by atoms with Gasteiger partial charge in [0.25, 0.3) is 0 Å². The number of benzene rings is 1. The van der Waals surface area contributed by atoms with Crippen LogP contribution < -0.4 is 10.1 Å². The lowest BCUT2D eigenvalue weighted by Gasteiger charge is -2.26. The Hall–Kier alpha value is -1.80. The van der Waals surface area contributed by atoms with Crippen LogP contribution in [0.5, 0.6) is 5.75 Å². The van der Waals surface area contributed by atoms with Crippen LogP contribution in [0.4, 0.5) is 13.2 Å². The van der Waals surface area contributed by atoms with Crippen molar-refractivity contribution in [3.63, 3.8) is 0 Å². The molecule has 1 unspecified atom stereocenters. The number of nitrogens with zero attached hydrogens (tertiary/aromatic N) is 1. The first kappa shape index (κ1) is 20.5. The van der Waals surface area contributed by atoms with Crippen LogP contribution in [0.3, 0.4) is 0 Å². The van der Waals surface area contributed by atoms with Crippen LogP contribution in [0, 0.1) is 5.92 Å². The minimum Gasteiger partial charge on any atom is -0.490 e. The van der Waals surface area contributed by atoms with Gasteiger partial charge in [-0.3, -0.25) is 4.79 Å². The van der Waals surface area contributed by atoms with Crippen molar-refractivity contribution in [2.45, 2.75) is 31.5 Å². The monoisotopic (exact) mass is 374 g/mol. The molecule has 1 atom stereocenters. The molecule has 1 aromatic rings. The van der Waals surface area contributed by atoms with E-state index in [9.17, 15) is 23.1 Å². The number of amides is 1. The van der Waals surface area contributed by atoms with E-state index >= 15 is 0 Å². The highest BCUT2D eigenvalue weighted by Crippen LogP contribution is 2.35. The first-order valence-electron chi connectivity index (χ1n) is 8.69. The summed E-state index contributed by atoms with van der Waals surface area (Å²) >= 11 is 0. The fourth-order valence-corrected chi connectivity index (χ4v) is 2.97. The van der Waals surface area contributed by atoms with Gasteiger partial charge in [-0.2, -0.15) is 13.2 Å². The number of piperidine rings is 1. The molecule has 1 heterocycles. The van der Waals surface area contributed by atoms with Gasteiger partial charge in [0.2, 0.25) is 5.91 Å². The van der Waals surface area contributed by atoms with Crippen LogP contribution >= 0.6 is 0 Å². The first-order chi connectivity index (χ1) is 12.3. The van der Waals surface area contributed by atoms with Gasteiger partial charge in [-0.1, -0.05) is 12.1 Å². The highest BCUT2D eigenvalue weighted by atomic mass is 19.4. The summed E-state index contributed by atoms with van der Waals surface area (Å²) in [5.74, 6) is -0.0763. The topological polar surface area (TPSA) is 61.8 Å². The molecule has 0 aromatic heterocycles. The van der Waals surface area contributed by atoms with E-state index in [1.54, 1.807) is 7.05 Å². The Bertz CT molecular complexity index is 589. The minimum atomic E-state index is -4.52. The number of alkyl halides is 3. The highest BCUT2D eigenvalue weighted by Gasteiger charge is 2.34. The maximum Gasteiger partial charge on any atom is 0.419 e. The second-order valence-electron chi connectivity index (χ2n) is 6.63. The van der Waals surface area contributed by atoms with E-state index < -0.39 is 17.8 Å². The summed E-state index contributed by atoms with van der Waals surface area (Å²) in [4.78, 5) is 13.6. The molecule has 1 amide bonds. The van der Waals surface area contributed by atoms with Crippen LogP contribution in [0.25, 0.3) is 0 Å². The standard InChI is InChI=1S/C18H25F3N2O3/c1-23(17(25)10-13-6-8-22-9-7-13)11-14(24)12-26-16-5-3-2-4-15(16)18(19,20)21/h2-5,13-14,22,24H,6-12H2,1H3. The van der Waals surface area contributed by atoms with Crippen molar-refractivity contribution in [3.8, 4) is 5.75 Å². The van der Waals surface area contributed by atoms with Crippen LogP contribution in [-0.2, 0) is 11.0 Å². The number of rotatable bonds is 7. The molecule has 0 radical (unpaired) electrons. The number of carbonyl (C=O) groups is 1. The van der Waals surface area contributed by atoms with Crippen molar-refractivity contribution < 1.29 is 27.8 Å². The van der Waals surface area contributed by atoms with Gasteiger partial charge in [-0.15, -0.1) is 0 Å². The number of aliphatic hydroxyl groups is 1. The molecule has 8 heteroatoms. The second-order valence-corrected chi connectivity index (χ2v) is 6.63. The van der Waals surface area contributed by atoms with Crippen LogP contribution in [0.2, 0.25) is 0 Å². The summed E-state index contributed by atoms with van der Waals surface area (Å²) < 4.78 is 43.9. The summed E-state index contributed by atoms with van der Waals surface area (Å²) in [6.07, 6.45) is -3.29. The minimum absolute atomic E-state index is 0.0119. The van der Waals surface area contributed by atoms with Crippen LogP contribution in [0.15, 0.2) is 24.3 Å². The zero-order valence-corrected chi connectivity index (χ0v) is 14.8. The molecule has 1 saturated heterocycles. The summed E-state index contributed by atoms with van der Waals surface area (Å²) in [6, 6.07) is 4.85. The molecule has 146 valence electrons. The highest BCUT2D eigenvalue weighted by molar-refractivity contribution is 5.76. The maximum atomic E-state index is 12.9. The summed E-state index contributed by atoms with van der Waals surface area (Å²) in [7, 11) is 1.58. The second kappa shape index (κ2) is 9.23. The molecule has 5 nitrogen and oxygen atoms in total. The molecule has 1 aliphatic rings. The summed E-state index contributed by atoms with van der Waals surface area (Å²) in [5.41, 5.74) is -0.887. The SMILES string of the molecule is CN(CC(O)COc1ccccc1C(F)(F)F)C(=O)CC1CCNCC1. The molecule has 1 fully saturated rings. The number of likely N-dealkylation sites (N-methyl/N-ethyl adjacent to an activating group) is 1. The molecule has 0 bridgehead atoms. The number of para-hydroxylation sites is 1. The lowest BCUT2D eigenvalue weighted by atomic mass is 9.94. The Morgan fingerprint density at radius 2 is 2.00 bits per heavy atom. The molecule has 0 aliphatic carbocycles. The Labute approximate surface area is 151 Å². The van der Waals surface area contributed by atoms with Crippen LogP contribution in [0.1, 0.15) is 24.8 Å². The van der Waals surface area contributed by atoms with Crippen molar-refractivity contribution in [2.75, 3.05) is 33.3 Å². The molecule has 26 heavy (non-hydrogen) atoms. The third-order valence-electron chi connectivity index (χ3n) is 4.46. The third kappa shape index (κ3) is 6.17. The molecular weight excluding hydrogens is 349 g/mol. The molecule has 0 spiro atoms. The normalized spacial score (nSPS) is 17.0. The van der Waals surface area contributed by atoms with Crippen molar-refractivity contribution in [1.29, 1.82) is 0 Å². The van der Waals surface area contributed by atoms with Gasteiger partial charge in [0.15, 0.2) is 0 Å². The molecule has 1 aromatic carbocycles. The maximum absolute atomic E-state index is 12.9. The fraction of sp³-hybridized carbons (Fsp3) is 0.611. The van der Waals surface area contributed by atoms with E-state index in [2.05, 4.69) is 5.32 Å². The van der Waals surface area contributed by atoms with Gasteiger partial charge in [-0.25, -0.2) is 0 Å². The van der Waals surface area contributed by atoms with Gasteiger partial charge >= 0.3 is 6.18 Å². The van der Waals surface area contributed by atoms with Crippen molar-refractivity contribution in [3.05, 3.63) is 29.8 Å². The Morgan fingerprint density at radius 1 is 1.35 bits per heavy atom. The number of aliphatic hydroxyl groups excluding tert-OH is 1. The number of hydrogen-bond acceptors (Lipinski definition) is 4. The van der Waals surface area contributed by atoms with Gasteiger partial charge in [0.1, 0.15) is 18.5 Å². The van der Waals surface area contributed by atoms with E-state index in [1.165, 1.54) is 23.1 Å². The van der Waals surface area contributed by atoms with E-state index in [0.29, 0.717) is 12.3 Å². The first-order valence-corrected chi connectivity index (χ1v) is 8.69. The molecule has 2 N–H and O–H groups in total. The quantitative estimate of drug-likeness (QED) is 0.769. The number of carbonyl (C=O) groups excluding carboxylic acids is 1. The number of ether oxygens (including phenoxy) is 1. The smallest absolute Gasteiger partial charge is 0.419 e. The van der Waals surface area contributed by atoms with Crippen molar-refractivity contribution in [1.82, 2.24) is 10.2 Å². The molecule has 0 saturated carbocycles.